The highest BCUT2D eigenvalue weighted by molar-refractivity contribution is 5.75. The lowest BCUT2D eigenvalue weighted by Gasteiger charge is -2.28. The summed E-state index contributed by atoms with van der Waals surface area (Å²) in [6.07, 6.45) is 1.82. The Labute approximate surface area is 201 Å². The first-order valence-electron chi connectivity index (χ1n) is 11.7. The van der Waals surface area contributed by atoms with E-state index in [4.69, 9.17) is 14.2 Å². The molecule has 0 aromatic heterocycles. The van der Waals surface area contributed by atoms with Crippen molar-refractivity contribution in [3.05, 3.63) is 83.2 Å². The van der Waals surface area contributed by atoms with Crippen LogP contribution in [-0.2, 0) is 9.53 Å². The lowest BCUT2D eigenvalue weighted by molar-refractivity contribution is -0.140. The third-order valence-electron chi connectivity index (χ3n) is 6.88. The zero-order chi connectivity index (χ0) is 24.5. The van der Waals surface area contributed by atoms with Gasteiger partial charge in [0.2, 0.25) is 0 Å². The quantitative estimate of drug-likeness (QED) is 0.222. The van der Waals surface area contributed by atoms with Gasteiger partial charge in [0.25, 0.3) is 0 Å². The van der Waals surface area contributed by atoms with Gasteiger partial charge in [-0.25, -0.2) is 13.2 Å². The molecule has 1 atom stereocenters. The van der Waals surface area contributed by atoms with Crippen molar-refractivity contribution in [3.63, 3.8) is 0 Å². The van der Waals surface area contributed by atoms with Gasteiger partial charge >= 0.3 is 5.97 Å². The monoisotopic (exact) mass is 482 g/mol. The number of esters is 1. The summed E-state index contributed by atoms with van der Waals surface area (Å²) < 4.78 is 59.7. The molecule has 5 rings (SSSR count). The van der Waals surface area contributed by atoms with Crippen LogP contribution in [0.5, 0.6) is 11.5 Å². The normalized spacial score (nSPS) is 21.4. The van der Waals surface area contributed by atoms with Gasteiger partial charge in [-0.15, -0.1) is 0 Å². The van der Waals surface area contributed by atoms with Crippen LogP contribution in [0.25, 0.3) is 11.1 Å². The van der Waals surface area contributed by atoms with E-state index in [-0.39, 0.29) is 29.3 Å². The Kier molecular flexibility index (Phi) is 6.52. The molecule has 0 N–H and O–H groups in total. The Hall–Kier alpha value is -3.32. The average molecular weight is 482 g/mol. The molecule has 2 fully saturated rings. The topological polar surface area (TPSA) is 48.1 Å². The molecule has 1 saturated carbocycles. The van der Waals surface area contributed by atoms with E-state index in [1.54, 1.807) is 55.6 Å². The minimum Gasteiger partial charge on any atom is -0.497 e. The summed E-state index contributed by atoms with van der Waals surface area (Å²) in [5, 5.41) is 0. The first-order chi connectivity index (χ1) is 16.9. The van der Waals surface area contributed by atoms with E-state index in [2.05, 4.69) is 0 Å². The van der Waals surface area contributed by atoms with Crippen LogP contribution in [-0.4, -0.2) is 19.7 Å². The molecule has 1 heterocycles. The second kappa shape index (κ2) is 9.74. The van der Waals surface area contributed by atoms with Gasteiger partial charge in [0, 0.05) is 17.2 Å². The smallest absolute Gasteiger partial charge is 0.314 e. The third kappa shape index (κ3) is 4.91. The number of carbonyl (C=O) groups is 1. The number of epoxide rings is 1. The summed E-state index contributed by atoms with van der Waals surface area (Å²) in [5.74, 6) is -2.38. The number of carbonyl (C=O) groups excluding carboxylic acids is 1. The van der Waals surface area contributed by atoms with Crippen LogP contribution in [0.2, 0.25) is 0 Å². The van der Waals surface area contributed by atoms with Crippen molar-refractivity contribution < 1.29 is 32.2 Å². The number of ether oxygens (including phenoxy) is 3. The Morgan fingerprint density at radius 1 is 0.857 bits per heavy atom. The highest BCUT2D eigenvalue weighted by atomic mass is 19.2. The minimum absolute atomic E-state index is 0.154. The molecule has 3 aromatic rings. The van der Waals surface area contributed by atoms with Crippen LogP contribution in [0.15, 0.2) is 54.6 Å². The fourth-order valence-electron chi connectivity index (χ4n) is 4.77. The fourth-order valence-corrected chi connectivity index (χ4v) is 4.77. The number of methoxy groups -OCH3 is 1. The standard InChI is InChI=1S/C28H25F3O4/c1-33-19-8-6-17(7-9-19)22-13-12-21(26(30)27(22)31)16-2-4-18(5-3-16)28(32)35-20-10-11-23(24(29)14-20)25-15-34-25/h6-14,16,18,25H,2-5,15H2,1H3. The lowest BCUT2D eigenvalue weighted by Crippen LogP contribution is -2.25. The third-order valence-corrected chi connectivity index (χ3v) is 6.88. The van der Waals surface area contributed by atoms with Gasteiger partial charge in [-0.1, -0.05) is 24.3 Å². The molecule has 182 valence electrons. The van der Waals surface area contributed by atoms with Crippen LogP contribution in [0, 0.1) is 23.4 Å². The van der Waals surface area contributed by atoms with E-state index in [0.717, 1.165) is 0 Å². The van der Waals surface area contributed by atoms with Crippen molar-refractivity contribution in [1.82, 2.24) is 0 Å². The van der Waals surface area contributed by atoms with E-state index in [1.165, 1.54) is 6.07 Å². The summed E-state index contributed by atoms with van der Waals surface area (Å²) in [4.78, 5) is 12.6. The summed E-state index contributed by atoms with van der Waals surface area (Å²) in [6.45, 7) is 0.494. The number of hydrogen-bond donors (Lipinski definition) is 0. The molecule has 4 nitrogen and oxygen atoms in total. The molecular formula is C28H25F3O4. The van der Waals surface area contributed by atoms with E-state index in [0.29, 0.717) is 54.7 Å². The van der Waals surface area contributed by atoms with Gasteiger partial charge in [-0.3, -0.25) is 4.79 Å². The zero-order valence-corrected chi connectivity index (χ0v) is 19.2. The van der Waals surface area contributed by atoms with Gasteiger partial charge in [0.1, 0.15) is 23.4 Å². The molecule has 35 heavy (non-hydrogen) atoms. The average Bonchev–Trinajstić information content (AvgIpc) is 3.71. The molecule has 1 unspecified atom stereocenters. The predicted octanol–water partition coefficient (Wildman–Crippen LogP) is 6.73. The molecule has 0 amide bonds. The van der Waals surface area contributed by atoms with Crippen LogP contribution < -0.4 is 9.47 Å². The SMILES string of the molecule is COc1ccc(-c2ccc(C3CCC(C(=O)Oc4ccc(C5CO5)c(F)c4)CC3)c(F)c2F)cc1. The van der Waals surface area contributed by atoms with Gasteiger partial charge in [0.05, 0.1) is 19.6 Å². The molecule has 1 aliphatic carbocycles. The van der Waals surface area contributed by atoms with Gasteiger partial charge < -0.3 is 14.2 Å². The molecule has 1 aliphatic heterocycles. The Bertz CT molecular complexity index is 1230. The van der Waals surface area contributed by atoms with Crippen molar-refractivity contribution in [2.24, 2.45) is 5.92 Å². The molecule has 0 radical (unpaired) electrons. The summed E-state index contributed by atoms with van der Waals surface area (Å²) >= 11 is 0. The van der Waals surface area contributed by atoms with Gasteiger partial charge in [0.15, 0.2) is 11.6 Å². The Morgan fingerprint density at radius 2 is 1.51 bits per heavy atom. The summed E-state index contributed by atoms with van der Waals surface area (Å²) in [7, 11) is 1.54. The van der Waals surface area contributed by atoms with Crippen molar-refractivity contribution in [1.29, 1.82) is 0 Å². The van der Waals surface area contributed by atoms with E-state index in [9.17, 15) is 13.6 Å². The van der Waals surface area contributed by atoms with Crippen molar-refractivity contribution in [2.45, 2.75) is 37.7 Å². The van der Waals surface area contributed by atoms with Crippen LogP contribution in [0.4, 0.5) is 13.2 Å². The summed E-state index contributed by atoms with van der Waals surface area (Å²) in [5.41, 5.74) is 1.54. The molecule has 1 saturated heterocycles. The number of hydrogen-bond acceptors (Lipinski definition) is 4. The van der Waals surface area contributed by atoms with Crippen molar-refractivity contribution in [2.75, 3.05) is 13.7 Å². The zero-order valence-electron chi connectivity index (χ0n) is 19.2. The molecule has 2 aliphatic rings. The van der Waals surface area contributed by atoms with E-state index in [1.807, 2.05) is 0 Å². The number of benzene rings is 3. The first kappa shape index (κ1) is 23.4. The molecule has 0 bridgehead atoms. The number of halogens is 3. The van der Waals surface area contributed by atoms with Gasteiger partial charge in [-0.05, 0) is 67.0 Å². The maximum absolute atomic E-state index is 15.0. The second-order valence-electron chi connectivity index (χ2n) is 9.03. The largest absolute Gasteiger partial charge is 0.497 e. The Morgan fingerprint density at radius 3 is 2.14 bits per heavy atom. The summed E-state index contributed by atoms with van der Waals surface area (Å²) in [6, 6.07) is 14.3. The Balaban J connectivity index is 1.22. The maximum Gasteiger partial charge on any atom is 0.314 e. The van der Waals surface area contributed by atoms with E-state index >= 15 is 4.39 Å². The van der Waals surface area contributed by atoms with Crippen LogP contribution >= 0.6 is 0 Å². The fraction of sp³-hybridized carbons (Fsp3) is 0.321. The molecule has 3 aromatic carbocycles. The molecular weight excluding hydrogens is 457 g/mol. The highest BCUT2D eigenvalue weighted by Crippen LogP contribution is 2.40. The van der Waals surface area contributed by atoms with Crippen molar-refractivity contribution in [3.8, 4) is 22.6 Å². The minimum atomic E-state index is -0.878. The maximum atomic E-state index is 15.0. The predicted molar refractivity (Wildman–Crippen MR) is 124 cm³/mol. The van der Waals surface area contributed by atoms with Gasteiger partial charge in [-0.2, -0.15) is 0 Å². The number of rotatable bonds is 6. The first-order valence-corrected chi connectivity index (χ1v) is 11.7. The van der Waals surface area contributed by atoms with E-state index < -0.39 is 23.4 Å². The lowest BCUT2D eigenvalue weighted by atomic mass is 9.78. The van der Waals surface area contributed by atoms with Crippen LogP contribution in [0.3, 0.4) is 0 Å². The molecule has 0 spiro atoms. The molecule has 7 heteroatoms. The second-order valence-corrected chi connectivity index (χ2v) is 9.03. The van der Waals surface area contributed by atoms with Crippen molar-refractivity contribution >= 4 is 5.97 Å². The highest BCUT2D eigenvalue weighted by Gasteiger charge is 2.32. The van der Waals surface area contributed by atoms with Crippen LogP contribution in [0.1, 0.15) is 48.8 Å².